The van der Waals surface area contributed by atoms with E-state index in [1.54, 1.807) is 11.3 Å². The molecular formula is C55H31N5OS2. The first-order valence-electron chi connectivity index (χ1n) is 20.7. The molecule has 0 bridgehead atoms. The minimum atomic E-state index is 0.573. The monoisotopic (exact) mass is 841 g/mol. The summed E-state index contributed by atoms with van der Waals surface area (Å²) in [5, 5.41) is 5.58. The van der Waals surface area contributed by atoms with E-state index >= 15 is 0 Å². The third-order valence-electron chi connectivity index (χ3n) is 11.8. The van der Waals surface area contributed by atoms with E-state index in [-0.39, 0.29) is 0 Å². The largest absolute Gasteiger partial charge is 0.456 e. The zero-order valence-electron chi connectivity index (χ0n) is 33.4. The molecular weight excluding hydrogens is 811 g/mol. The third-order valence-corrected chi connectivity index (χ3v) is 14.2. The molecule has 13 rings (SSSR count). The zero-order valence-corrected chi connectivity index (χ0v) is 35.0. The van der Waals surface area contributed by atoms with Gasteiger partial charge in [-0.3, -0.25) is 0 Å². The van der Waals surface area contributed by atoms with Crippen molar-refractivity contribution in [3.8, 4) is 67.9 Å². The van der Waals surface area contributed by atoms with Gasteiger partial charge >= 0.3 is 0 Å². The van der Waals surface area contributed by atoms with Crippen LogP contribution >= 0.6 is 22.7 Å². The van der Waals surface area contributed by atoms with Gasteiger partial charge in [0.05, 0.1) is 15.9 Å². The minimum absolute atomic E-state index is 0.573. The normalized spacial score (nSPS) is 11.8. The number of hydrogen-bond donors (Lipinski definition) is 0. The second-order valence-electron chi connectivity index (χ2n) is 15.6. The van der Waals surface area contributed by atoms with Gasteiger partial charge in [-0.05, 0) is 47.5 Å². The van der Waals surface area contributed by atoms with Crippen molar-refractivity contribution in [1.82, 2.24) is 24.9 Å². The van der Waals surface area contributed by atoms with Crippen LogP contribution in [-0.4, -0.2) is 24.9 Å². The molecule has 0 aliphatic heterocycles. The van der Waals surface area contributed by atoms with E-state index in [0.717, 1.165) is 76.6 Å². The van der Waals surface area contributed by atoms with Crippen LogP contribution in [-0.2, 0) is 0 Å². The highest BCUT2D eigenvalue weighted by atomic mass is 32.1. The topological polar surface area (TPSA) is 77.6 Å². The van der Waals surface area contributed by atoms with Crippen molar-refractivity contribution in [1.29, 1.82) is 0 Å². The molecule has 0 N–H and O–H groups in total. The average molecular weight is 842 g/mol. The molecule has 8 aromatic carbocycles. The van der Waals surface area contributed by atoms with Crippen LogP contribution in [0.1, 0.15) is 0 Å². The average Bonchev–Trinajstić information content (AvgIpc) is 4.05. The summed E-state index contributed by atoms with van der Waals surface area (Å²) in [5.74, 6) is 2.46. The highest BCUT2D eigenvalue weighted by Gasteiger charge is 2.21. The summed E-state index contributed by atoms with van der Waals surface area (Å²) in [6.45, 7) is 0. The first kappa shape index (κ1) is 35.8. The Morgan fingerprint density at radius 2 is 0.921 bits per heavy atom. The molecule has 0 amide bonds. The van der Waals surface area contributed by atoms with Crippen LogP contribution in [0.4, 0.5) is 0 Å². The maximum absolute atomic E-state index is 6.70. The first-order valence-corrected chi connectivity index (χ1v) is 22.4. The van der Waals surface area contributed by atoms with Crippen LogP contribution in [0.5, 0.6) is 0 Å². The van der Waals surface area contributed by atoms with E-state index in [0.29, 0.717) is 23.3 Å². The number of hydrogen-bond acceptors (Lipinski definition) is 8. The lowest BCUT2D eigenvalue weighted by Crippen LogP contribution is -2.00. The van der Waals surface area contributed by atoms with Crippen LogP contribution in [0.15, 0.2) is 192 Å². The van der Waals surface area contributed by atoms with Crippen LogP contribution in [0.25, 0.3) is 130 Å². The molecule has 0 saturated heterocycles. The molecule has 0 aliphatic carbocycles. The van der Waals surface area contributed by atoms with Gasteiger partial charge in [-0.15, -0.1) is 22.7 Å². The molecule has 0 fully saturated rings. The van der Waals surface area contributed by atoms with Crippen molar-refractivity contribution in [3.63, 3.8) is 0 Å². The molecule has 5 heterocycles. The molecule has 6 nitrogen and oxygen atoms in total. The van der Waals surface area contributed by atoms with Crippen LogP contribution in [0.3, 0.4) is 0 Å². The summed E-state index contributed by atoms with van der Waals surface area (Å²) in [4.78, 5) is 25.9. The lowest BCUT2D eigenvalue weighted by Gasteiger charge is -2.11. The summed E-state index contributed by atoms with van der Waals surface area (Å²) in [6.07, 6.45) is 0. The molecule has 63 heavy (non-hydrogen) atoms. The third kappa shape index (κ3) is 5.95. The van der Waals surface area contributed by atoms with E-state index in [1.165, 1.54) is 30.4 Å². The number of aromatic nitrogens is 5. The smallest absolute Gasteiger partial charge is 0.164 e. The maximum Gasteiger partial charge on any atom is 0.164 e. The van der Waals surface area contributed by atoms with Gasteiger partial charge in [-0.2, -0.15) is 0 Å². The van der Waals surface area contributed by atoms with Gasteiger partial charge in [-0.25, -0.2) is 24.9 Å². The molecule has 0 spiro atoms. The molecule has 0 unspecified atom stereocenters. The molecule has 5 aromatic heterocycles. The van der Waals surface area contributed by atoms with Crippen molar-refractivity contribution >= 4 is 85.1 Å². The SMILES string of the molecule is c1ccc(-c2nc(-c3cccc(-c4cccc5c4sc4ccccc45)c3)nc(-c3cccc4oc5cc(-c6nc(-c7ccccc7)nc7c6sc6ccccc67)ccc5c34)n2)cc1. The Bertz CT molecular complexity index is 3930. The van der Waals surface area contributed by atoms with Crippen molar-refractivity contribution in [2.75, 3.05) is 0 Å². The van der Waals surface area contributed by atoms with E-state index in [4.69, 9.17) is 29.3 Å². The predicted octanol–water partition coefficient (Wildman–Crippen LogP) is 15.3. The van der Waals surface area contributed by atoms with Gasteiger partial charge in [0.2, 0.25) is 0 Å². The molecule has 8 heteroatoms. The van der Waals surface area contributed by atoms with Gasteiger partial charge in [0.25, 0.3) is 0 Å². The molecule has 0 atom stereocenters. The summed E-state index contributed by atoms with van der Waals surface area (Å²) in [6, 6.07) is 65.0. The van der Waals surface area contributed by atoms with E-state index in [9.17, 15) is 0 Å². The Balaban J connectivity index is 0.969. The number of fused-ring (bicyclic) bond motifs is 9. The van der Waals surface area contributed by atoms with Crippen LogP contribution in [0, 0.1) is 0 Å². The fraction of sp³-hybridized carbons (Fsp3) is 0. The van der Waals surface area contributed by atoms with Crippen LogP contribution < -0.4 is 0 Å². The van der Waals surface area contributed by atoms with Crippen molar-refractivity contribution in [2.24, 2.45) is 0 Å². The fourth-order valence-corrected chi connectivity index (χ4v) is 11.2. The summed E-state index contributed by atoms with van der Waals surface area (Å²) < 4.78 is 11.5. The van der Waals surface area contributed by atoms with Crippen LogP contribution in [0.2, 0.25) is 0 Å². The molecule has 0 aliphatic rings. The number of thiophene rings is 2. The predicted molar refractivity (Wildman–Crippen MR) is 261 cm³/mol. The lowest BCUT2D eigenvalue weighted by atomic mass is 10.0. The fourth-order valence-electron chi connectivity index (χ4n) is 8.80. The van der Waals surface area contributed by atoms with Gasteiger partial charge in [0.1, 0.15) is 11.2 Å². The Kier molecular flexibility index (Phi) is 8.15. The molecule has 294 valence electrons. The van der Waals surface area contributed by atoms with Gasteiger partial charge in [0.15, 0.2) is 23.3 Å². The first-order chi connectivity index (χ1) is 31.2. The van der Waals surface area contributed by atoms with Gasteiger partial charge in [0, 0.05) is 68.8 Å². The second-order valence-corrected chi connectivity index (χ2v) is 17.7. The number of nitrogens with zero attached hydrogens (tertiary/aromatic N) is 5. The summed E-state index contributed by atoms with van der Waals surface area (Å²) in [7, 11) is 0. The van der Waals surface area contributed by atoms with Gasteiger partial charge < -0.3 is 4.42 Å². The van der Waals surface area contributed by atoms with Crippen molar-refractivity contribution in [3.05, 3.63) is 188 Å². The van der Waals surface area contributed by atoms with Crippen molar-refractivity contribution in [2.45, 2.75) is 0 Å². The minimum Gasteiger partial charge on any atom is -0.456 e. The molecule has 0 saturated carbocycles. The standard InChI is InChI=1S/C55H31N5OS2/c1-3-14-32(15-4-1)52-56-48(51-49(57-52)41-21-8-10-27-46(41)63-51)35-28-29-40-44(31-35)61-43-25-13-24-42(47(40)43)55-59-53(33-16-5-2-6-17-33)58-54(60-55)36-19-11-18-34(30-36)37-22-12-23-39-38-20-7-9-26-45(38)62-50(37)39/h1-31H. The second kappa shape index (κ2) is 14.3. The maximum atomic E-state index is 6.70. The Morgan fingerprint density at radius 3 is 1.73 bits per heavy atom. The lowest BCUT2D eigenvalue weighted by molar-refractivity contribution is 0.669. The molecule has 0 radical (unpaired) electrons. The van der Waals surface area contributed by atoms with Gasteiger partial charge in [-0.1, -0.05) is 152 Å². The molecule has 13 aromatic rings. The Morgan fingerprint density at radius 1 is 0.333 bits per heavy atom. The number of benzene rings is 8. The number of rotatable bonds is 6. The summed E-state index contributed by atoms with van der Waals surface area (Å²) >= 11 is 3.55. The zero-order chi connectivity index (χ0) is 41.4. The van der Waals surface area contributed by atoms with E-state index in [2.05, 4.69) is 127 Å². The van der Waals surface area contributed by atoms with E-state index < -0.39 is 0 Å². The summed E-state index contributed by atoms with van der Waals surface area (Å²) in [5.41, 5.74) is 10.3. The quantitative estimate of drug-likeness (QED) is 0.166. The van der Waals surface area contributed by atoms with Crippen molar-refractivity contribution < 1.29 is 4.42 Å². The highest BCUT2D eigenvalue weighted by molar-refractivity contribution is 7.26. The highest BCUT2D eigenvalue weighted by Crippen LogP contribution is 2.44. The number of furan rings is 1. The van der Waals surface area contributed by atoms with E-state index in [1.807, 2.05) is 72.0 Å². The Hall–Kier alpha value is -7.91. The Labute approximate surface area is 368 Å².